The SMILES string of the molecule is CN(C)C1(c2ccccc2)CCC2(CC1)CN(c1ccc(C(F)(F)F)cc1CS(=O)O)C(=O)N2CC1CCC1. The van der Waals surface area contributed by atoms with Gasteiger partial charge in [-0.2, -0.15) is 13.2 Å². The fourth-order valence-corrected chi connectivity index (χ4v) is 7.26. The first-order valence-electron chi connectivity index (χ1n) is 13.5. The Morgan fingerprint density at radius 3 is 2.26 bits per heavy atom. The minimum Gasteiger partial charge on any atom is -0.317 e. The van der Waals surface area contributed by atoms with Gasteiger partial charge in [-0.15, -0.1) is 0 Å². The molecule has 5 rings (SSSR count). The summed E-state index contributed by atoms with van der Waals surface area (Å²) in [5.41, 5.74) is 0.0843. The molecule has 212 valence electrons. The number of carbonyl (C=O) groups is 1. The molecule has 6 nitrogen and oxygen atoms in total. The Kier molecular flexibility index (Phi) is 7.58. The van der Waals surface area contributed by atoms with Gasteiger partial charge in [0.15, 0.2) is 11.1 Å². The van der Waals surface area contributed by atoms with Crippen molar-refractivity contribution in [1.29, 1.82) is 0 Å². The van der Waals surface area contributed by atoms with E-state index in [1.54, 1.807) is 4.90 Å². The number of nitrogens with zero attached hydrogens (tertiary/aromatic N) is 3. The molecule has 1 saturated heterocycles. The summed E-state index contributed by atoms with van der Waals surface area (Å²) in [6.07, 6.45) is 1.90. The Morgan fingerprint density at radius 2 is 1.72 bits per heavy atom. The van der Waals surface area contributed by atoms with Crippen molar-refractivity contribution >= 4 is 22.8 Å². The summed E-state index contributed by atoms with van der Waals surface area (Å²) in [5, 5.41) is 0. The zero-order valence-electron chi connectivity index (χ0n) is 22.4. The van der Waals surface area contributed by atoms with Crippen LogP contribution < -0.4 is 4.90 Å². The van der Waals surface area contributed by atoms with Crippen molar-refractivity contribution in [2.24, 2.45) is 5.92 Å². The van der Waals surface area contributed by atoms with E-state index >= 15 is 0 Å². The fraction of sp³-hybridized carbons (Fsp3) is 0.552. The minimum atomic E-state index is -4.59. The number of anilines is 1. The molecular weight excluding hydrogens is 527 g/mol. The minimum absolute atomic E-state index is 0.0578. The number of amides is 2. The molecule has 3 fully saturated rings. The van der Waals surface area contributed by atoms with Crippen LogP contribution in [-0.4, -0.2) is 57.3 Å². The first-order chi connectivity index (χ1) is 18.4. The molecule has 3 aliphatic rings. The molecule has 10 heteroatoms. The second-order valence-corrected chi connectivity index (χ2v) is 12.5. The van der Waals surface area contributed by atoms with E-state index in [2.05, 4.69) is 31.1 Å². The fourth-order valence-electron chi connectivity index (χ4n) is 6.76. The average Bonchev–Trinajstić information content (AvgIpc) is 3.12. The zero-order chi connectivity index (χ0) is 28.0. The number of hydrogen-bond donors (Lipinski definition) is 1. The van der Waals surface area contributed by atoms with Crippen LogP contribution in [0.5, 0.6) is 0 Å². The van der Waals surface area contributed by atoms with Crippen molar-refractivity contribution in [3.8, 4) is 0 Å². The van der Waals surface area contributed by atoms with Crippen molar-refractivity contribution in [3.05, 3.63) is 65.2 Å². The molecule has 1 aliphatic heterocycles. The molecule has 0 aromatic heterocycles. The van der Waals surface area contributed by atoms with Crippen LogP contribution in [0.3, 0.4) is 0 Å². The van der Waals surface area contributed by atoms with Gasteiger partial charge in [-0.3, -0.25) is 9.80 Å². The lowest BCUT2D eigenvalue weighted by atomic mass is 9.68. The maximum absolute atomic E-state index is 14.0. The molecule has 0 radical (unpaired) electrons. The summed E-state index contributed by atoms with van der Waals surface area (Å²) in [4.78, 5) is 19.8. The molecule has 1 atom stereocenters. The summed E-state index contributed by atoms with van der Waals surface area (Å²) < 4.78 is 61.7. The van der Waals surface area contributed by atoms with Gasteiger partial charge in [0.1, 0.15) is 0 Å². The zero-order valence-corrected chi connectivity index (χ0v) is 23.2. The van der Waals surface area contributed by atoms with Gasteiger partial charge in [0.05, 0.1) is 23.4 Å². The van der Waals surface area contributed by atoms with Crippen LogP contribution in [0, 0.1) is 5.92 Å². The number of urea groups is 1. The van der Waals surface area contributed by atoms with Gasteiger partial charge in [-0.25, -0.2) is 9.00 Å². The molecule has 1 N–H and O–H groups in total. The third-order valence-electron chi connectivity index (χ3n) is 9.30. The Labute approximate surface area is 230 Å². The summed E-state index contributed by atoms with van der Waals surface area (Å²) in [6.45, 7) is 0.991. The van der Waals surface area contributed by atoms with Crippen LogP contribution in [0.25, 0.3) is 0 Å². The number of alkyl halides is 3. The van der Waals surface area contributed by atoms with Crippen LogP contribution in [0.4, 0.5) is 23.7 Å². The molecule has 2 aromatic carbocycles. The van der Waals surface area contributed by atoms with E-state index in [0.29, 0.717) is 24.7 Å². The van der Waals surface area contributed by atoms with Crippen molar-refractivity contribution in [1.82, 2.24) is 9.80 Å². The number of halogens is 3. The van der Waals surface area contributed by atoms with E-state index in [0.717, 1.165) is 57.1 Å². The quantitative estimate of drug-likeness (QED) is 0.405. The van der Waals surface area contributed by atoms with E-state index in [1.807, 2.05) is 23.1 Å². The molecular formula is C29H36F3N3O3S. The number of hydrogen-bond acceptors (Lipinski definition) is 3. The van der Waals surface area contributed by atoms with Crippen molar-refractivity contribution in [2.75, 3.05) is 32.1 Å². The van der Waals surface area contributed by atoms with E-state index in [4.69, 9.17) is 0 Å². The van der Waals surface area contributed by atoms with Crippen LogP contribution in [0.1, 0.15) is 61.6 Å². The second kappa shape index (κ2) is 10.5. The molecule has 2 aromatic rings. The predicted molar refractivity (Wildman–Crippen MR) is 146 cm³/mol. The van der Waals surface area contributed by atoms with Crippen LogP contribution >= 0.6 is 0 Å². The molecule has 2 saturated carbocycles. The predicted octanol–water partition coefficient (Wildman–Crippen LogP) is 6.24. The van der Waals surface area contributed by atoms with Gasteiger partial charge in [0.25, 0.3) is 0 Å². The third kappa shape index (κ3) is 5.23. The second-order valence-electron chi connectivity index (χ2n) is 11.6. The van der Waals surface area contributed by atoms with E-state index in [9.17, 15) is 26.7 Å². The highest BCUT2D eigenvalue weighted by Crippen LogP contribution is 2.50. The summed E-state index contributed by atoms with van der Waals surface area (Å²) in [7, 11) is 4.18. The summed E-state index contributed by atoms with van der Waals surface area (Å²) in [6, 6.07) is 13.3. The first kappa shape index (κ1) is 28.1. The average molecular weight is 564 g/mol. The lowest BCUT2D eigenvalue weighted by molar-refractivity contribution is -0.137. The number of benzene rings is 2. The standard InChI is InChI=1S/C29H36F3N3O3S/c1-33(2)28(23-9-4-3-5-10-23)15-13-27(14-16-28)20-34(26(36)35(27)18-21-7-6-8-21)25-12-11-24(29(30,31)32)17-22(25)19-39(37)38/h3-5,9-12,17,21H,6-8,13-16,18-20H2,1-2H3,(H,37,38). The van der Waals surface area contributed by atoms with Crippen LogP contribution in [0.2, 0.25) is 0 Å². The van der Waals surface area contributed by atoms with Gasteiger partial charge >= 0.3 is 12.2 Å². The highest BCUT2D eigenvalue weighted by Gasteiger charge is 2.55. The van der Waals surface area contributed by atoms with Gasteiger partial charge < -0.3 is 9.45 Å². The number of carbonyl (C=O) groups excluding carboxylic acids is 1. The van der Waals surface area contributed by atoms with E-state index in [-0.39, 0.29) is 17.1 Å². The van der Waals surface area contributed by atoms with E-state index < -0.39 is 34.1 Å². The highest BCUT2D eigenvalue weighted by atomic mass is 32.2. The third-order valence-corrected chi connectivity index (χ3v) is 9.86. The topological polar surface area (TPSA) is 64.1 Å². The van der Waals surface area contributed by atoms with Gasteiger partial charge in [-0.1, -0.05) is 36.8 Å². The van der Waals surface area contributed by atoms with Crippen LogP contribution in [-0.2, 0) is 28.5 Å². The van der Waals surface area contributed by atoms with Crippen molar-refractivity contribution < 1.29 is 26.7 Å². The normalized spacial score (nSPS) is 26.9. The van der Waals surface area contributed by atoms with Gasteiger partial charge in [0, 0.05) is 17.8 Å². The molecule has 1 heterocycles. The largest absolute Gasteiger partial charge is 0.416 e. The number of rotatable bonds is 7. The van der Waals surface area contributed by atoms with Crippen LogP contribution in [0.15, 0.2) is 48.5 Å². The van der Waals surface area contributed by atoms with Gasteiger partial charge in [-0.05, 0) is 87.9 Å². The monoisotopic (exact) mass is 563 g/mol. The summed E-state index contributed by atoms with van der Waals surface area (Å²) >= 11 is -2.36. The molecule has 1 unspecified atom stereocenters. The van der Waals surface area contributed by atoms with Crippen molar-refractivity contribution in [3.63, 3.8) is 0 Å². The smallest absolute Gasteiger partial charge is 0.317 e. The Balaban J connectivity index is 1.50. The Morgan fingerprint density at radius 1 is 1.05 bits per heavy atom. The first-order valence-corrected chi connectivity index (χ1v) is 14.8. The summed E-state index contributed by atoms with van der Waals surface area (Å²) in [5.74, 6) is -0.0476. The molecule has 1 spiro atoms. The molecule has 2 amide bonds. The maximum Gasteiger partial charge on any atom is 0.416 e. The lowest BCUT2D eigenvalue weighted by Crippen LogP contribution is -2.56. The van der Waals surface area contributed by atoms with Gasteiger partial charge in [0.2, 0.25) is 0 Å². The molecule has 39 heavy (non-hydrogen) atoms. The highest BCUT2D eigenvalue weighted by molar-refractivity contribution is 7.78. The van der Waals surface area contributed by atoms with Crippen molar-refractivity contribution in [2.45, 2.75) is 68.0 Å². The lowest BCUT2D eigenvalue weighted by Gasteiger charge is -2.51. The Hall–Kier alpha value is -2.43. The Bertz CT molecular complexity index is 1230. The molecule has 0 bridgehead atoms. The van der Waals surface area contributed by atoms with E-state index in [1.165, 1.54) is 11.6 Å². The maximum atomic E-state index is 14.0. The molecule has 2 aliphatic carbocycles.